The topological polar surface area (TPSA) is 64.3 Å². The SMILES string of the molecule is COc1ccc(C(C)C)cc1C1(C(=O)NN)CC1. The van der Waals surface area contributed by atoms with Crippen LogP contribution in [0.5, 0.6) is 5.75 Å². The first kappa shape index (κ1) is 12.9. The number of benzene rings is 1. The van der Waals surface area contributed by atoms with Crippen molar-refractivity contribution >= 4 is 5.91 Å². The fourth-order valence-corrected chi connectivity index (χ4v) is 2.34. The number of hydrazine groups is 1. The molecule has 0 aromatic heterocycles. The van der Waals surface area contributed by atoms with Crippen LogP contribution in [-0.2, 0) is 10.2 Å². The largest absolute Gasteiger partial charge is 0.496 e. The molecule has 18 heavy (non-hydrogen) atoms. The van der Waals surface area contributed by atoms with Crippen molar-refractivity contribution in [1.29, 1.82) is 0 Å². The van der Waals surface area contributed by atoms with Gasteiger partial charge in [0, 0.05) is 5.56 Å². The Morgan fingerprint density at radius 3 is 2.56 bits per heavy atom. The molecule has 0 bridgehead atoms. The summed E-state index contributed by atoms with van der Waals surface area (Å²) < 4.78 is 5.38. The molecule has 4 nitrogen and oxygen atoms in total. The number of carbonyl (C=O) groups excluding carboxylic acids is 1. The maximum Gasteiger partial charge on any atom is 0.244 e. The summed E-state index contributed by atoms with van der Waals surface area (Å²) in [7, 11) is 1.63. The Hall–Kier alpha value is -1.55. The van der Waals surface area contributed by atoms with Crippen molar-refractivity contribution in [3.05, 3.63) is 29.3 Å². The van der Waals surface area contributed by atoms with Crippen molar-refractivity contribution in [2.45, 2.75) is 38.0 Å². The van der Waals surface area contributed by atoms with Crippen LogP contribution in [0.25, 0.3) is 0 Å². The number of hydrogen-bond acceptors (Lipinski definition) is 3. The van der Waals surface area contributed by atoms with Gasteiger partial charge in [-0.25, -0.2) is 5.84 Å². The van der Waals surface area contributed by atoms with Crippen molar-refractivity contribution in [1.82, 2.24) is 5.43 Å². The number of methoxy groups -OCH3 is 1. The van der Waals surface area contributed by atoms with E-state index in [9.17, 15) is 4.79 Å². The molecule has 0 atom stereocenters. The van der Waals surface area contributed by atoms with Crippen LogP contribution in [-0.4, -0.2) is 13.0 Å². The molecule has 0 radical (unpaired) electrons. The second kappa shape index (κ2) is 4.61. The Balaban J connectivity index is 2.48. The molecule has 1 aliphatic carbocycles. The zero-order valence-corrected chi connectivity index (χ0v) is 11.1. The van der Waals surface area contributed by atoms with Crippen molar-refractivity contribution in [2.24, 2.45) is 5.84 Å². The van der Waals surface area contributed by atoms with E-state index in [1.54, 1.807) is 7.11 Å². The molecule has 3 N–H and O–H groups in total. The van der Waals surface area contributed by atoms with E-state index in [-0.39, 0.29) is 5.91 Å². The second-order valence-electron chi connectivity index (χ2n) is 5.17. The second-order valence-corrected chi connectivity index (χ2v) is 5.17. The molecule has 98 valence electrons. The minimum atomic E-state index is -0.481. The Kier molecular flexibility index (Phi) is 3.30. The fraction of sp³-hybridized carbons (Fsp3) is 0.500. The zero-order valence-electron chi connectivity index (χ0n) is 11.1. The standard InChI is InChI=1S/C14H20N2O2/c1-9(2)10-4-5-12(18-3)11(8-10)14(6-7-14)13(17)16-15/h4-5,8-9H,6-7,15H2,1-3H3,(H,16,17). The van der Waals surface area contributed by atoms with Crippen LogP contribution in [0.4, 0.5) is 0 Å². The number of amides is 1. The van der Waals surface area contributed by atoms with E-state index >= 15 is 0 Å². The lowest BCUT2D eigenvalue weighted by Crippen LogP contribution is -2.39. The summed E-state index contributed by atoms with van der Waals surface area (Å²) in [5.74, 6) is 6.35. The molecule has 1 aromatic rings. The summed E-state index contributed by atoms with van der Waals surface area (Å²) in [6, 6.07) is 6.06. The van der Waals surface area contributed by atoms with Gasteiger partial charge in [0.05, 0.1) is 12.5 Å². The number of carbonyl (C=O) groups is 1. The first-order valence-corrected chi connectivity index (χ1v) is 6.24. The predicted octanol–water partition coefficient (Wildman–Crippen LogP) is 1.84. The average molecular weight is 248 g/mol. The molecule has 0 spiro atoms. The van der Waals surface area contributed by atoms with Crippen LogP contribution in [0.2, 0.25) is 0 Å². The number of nitrogens with one attached hydrogen (secondary N) is 1. The van der Waals surface area contributed by atoms with Gasteiger partial charge in [-0.3, -0.25) is 10.2 Å². The maximum absolute atomic E-state index is 12.0. The van der Waals surface area contributed by atoms with Crippen LogP contribution < -0.4 is 16.0 Å². The van der Waals surface area contributed by atoms with Gasteiger partial charge in [-0.2, -0.15) is 0 Å². The lowest BCUT2D eigenvalue weighted by molar-refractivity contribution is -0.123. The van der Waals surface area contributed by atoms with E-state index in [2.05, 4.69) is 25.3 Å². The Labute approximate surface area is 107 Å². The van der Waals surface area contributed by atoms with Gasteiger partial charge in [-0.1, -0.05) is 26.0 Å². The van der Waals surface area contributed by atoms with Crippen molar-refractivity contribution < 1.29 is 9.53 Å². The third kappa shape index (κ3) is 1.97. The van der Waals surface area contributed by atoms with E-state index in [0.29, 0.717) is 5.92 Å². The van der Waals surface area contributed by atoms with E-state index in [4.69, 9.17) is 10.6 Å². The Bertz CT molecular complexity index is 465. The Morgan fingerprint density at radius 2 is 2.11 bits per heavy atom. The molecule has 1 saturated carbocycles. The molecular formula is C14H20N2O2. The summed E-state index contributed by atoms with van der Waals surface area (Å²) in [6.45, 7) is 4.27. The quantitative estimate of drug-likeness (QED) is 0.485. The van der Waals surface area contributed by atoms with Gasteiger partial charge >= 0.3 is 0 Å². The first-order chi connectivity index (χ1) is 8.55. The third-order valence-corrected chi connectivity index (χ3v) is 3.72. The number of ether oxygens (including phenoxy) is 1. The first-order valence-electron chi connectivity index (χ1n) is 6.24. The average Bonchev–Trinajstić information content (AvgIpc) is 3.18. The van der Waals surface area contributed by atoms with Gasteiger partial charge in [-0.05, 0) is 30.4 Å². The van der Waals surface area contributed by atoms with Gasteiger partial charge in [0.2, 0.25) is 5.91 Å². The highest BCUT2D eigenvalue weighted by atomic mass is 16.5. The lowest BCUT2D eigenvalue weighted by atomic mass is 9.90. The summed E-state index contributed by atoms with van der Waals surface area (Å²) >= 11 is 0. The molecular weight excluding hydrogens is 228 g/mol. The number of nitrogens with two attached hydrogens (primary N) is 1. The maximum atomic E-state index is 12.0. The highest BCUT2D eigenvalue weighted by Crippen LogP contribution is 2.51. The summed E-state index contributed by atoms with van der Waals surface area (Å²) in [6.07, 6.45) is 1.65. The summed E-state index contributed by atoms with van der Waals surface area (Å²) in [4.78, 5) is 12.0. The van der Waals surface area contributed by atoms with Gasteiger partial charge in [-0.15, -0.1) is 0 Å². The Morgan fingerprint density at radius 1 is 1.44 bits per heavy atom. The minimum Gasteiger partial charge on any atom is -0.496 e. The van der Waals surface area contributed by atoms with Crippen LogP contribution in [0.3, 0.4) is 0 Å². The van der Waals surface area contributed by atoms with Gasteiger partial charge < -0.3 is 4.74 Å². The van der Waals surface area contributed by atoms with Crippen LogP contribution in [0.1, 0.15) is 43.7 Å². The van der Waals surface area contributed by atoms with E-state index in [0.717, 1.165) is 24.2 Å². The predicted molar refractivity (Wildman–Crippen MR) is 70.3 cm³/mol. The van der Waals surface area contributed by atoms with E-state index in [1.165, 1.54) is 5.56 Å². The molecule has 1 amide bonds. The fourth-order valence-electron chi connectivity index (χ4n) is 2.34. The van der Waals surface area contributed by atoms with E-state index in [1.807, 2.05) is 12.1 Å². The van der Waals surface area contributed by atoms with Gasteiger partial charge in [0.1, 0.15) is 5.75 Å². The molecule has 1 aliphatic rings. The summed E-state index contributed by atoms with van der Waals surface area (Å²) in [5.41, 5.74) is 3.96. The van der Waals surface area contributed by atoms with Crippen LogP contribution in [0, 0.1) is 0 Å². The number of rotatable bonds is 4. The van der Waals surface area contributed by atoms with Gasteiger partial charge in [0.25, 0.3) is 0 Å². The smallest absolute Gasteiger partial charge is 0.244 e. The van der Waals surface area contributed by atoms with Crippen LogP contribution in [0.15, 0.2) is 18.2 Å². The molecule has 2 rings (SSSR count). The monoisotopic (exact) mass is 248 g/mol. The molecule has 1 fully saturated rings. The molecule has 4 heteroatoms. The zero-order chi connectivity index (χ0) is 13.3. The van der Waals surface area contributed by atoms with E-state index < -0.39 is 5.41 Å². The molecule has 1 aromatic carbocycles. The number of hydrogen-bond donors (Lipinski definition) is 2. The highest BCUT2D eigenvalue weighted by molar-refractivity contribution is 5.91. The van der Waals surface area contributed by atoms with Crippen molar-refractivity contribution in [3.8, 4) is 5.75 Å². The van der Waals surface area contributed by atoms with Crippen molar-refractivity contribution in [2.75, 3.05) is 7.11 Å². The normalized spacial score (nSPS) is 16.5. The third-order valence-electron chi connectivity index (χ3n) is 3.72. The van der Waals surface area contributed by atoms with Gasteiger partial charge in [0.15, 0.2) is 0 Å². The molecule has 0 heterocycles. The highest BCUT2D eigenvalue weighted by Gasteiger charge is 2.52. The minimum absolute atomic E-state index is 0.123. The lowest BCUT2D eigenvalue weighted by Gasteiger charge is -2.19. The molecule has 0 saturated heterocycles. The molecule has 0 aliphatic heterocycles. The summed E-state index contributed by atoms with van der Waals surface area (Å²) in [5, 5.41) is 0. The van der Waals surface area contributed by atoms with Crippen LogP contribution >= 0.6 is 0 Å². The molecule has 0 unspecified atom stereocenters. The van der Waals surface area contributed by atoms with Crippen molar-refractivity contribution in [3.63, 3.8) is 0 Å².